The number of benzene rings is 1. The van der Waals surface area contributed by atoms with Gasteiger partial charge in [-0.05, 0) is 30.7 Å². The number of nitrogens with zero attached hydrogens (tertiary/aromatic N) is 1. The zero-order chi connectivity index (χ0) is 17.3. The third-order valence-corrected chi connectivity index (χ3v) is 4.43. The summed E-state index contributed by atoms with van der Waals surface area (Å²) >= 11 is 0. The van der Waals surface area contributed by atoms with Gasteiger partial charge in [-0.1, -0.05) is 30.3 Å². The fourth-order valence-electron chi connectivity index (χ4n) is 1.96. The zero-order valence-electron chi connectivity index (χ0n) is 12.8. The first-order valence-electron chi connectivity index (χ1n) is 6.57. The van der Waals surface area contributed by atoms with E-state index < -0.39 is 10.0 Å². The molecule has 0 fully saturated rings. The molecule has 7 nitrogen and oxygen atoms in total. The van der Waals surface area contributed by atoms with Gasteiger partial charge in [-0.2, -0.15) is 0 Å². The van der Waals surface area contributed by atoms with E-state index in [1.165, 1.54) is 14.2 Å². The van der Waals surface area contributed by atoms with Gasteiger partial charge in [-0.3, -0.25) is 4.79 Å². The summed E-state index contributed by atoms with van der Waals surface area (Å²) in [5.41, 5.74) is 1.67. The molecule has 1 heterocycles. The van der Waals surface area contributed by atoms with Crippen molar-refractivity contribution in [2.24, 2.45) is 0 Å². The van der Waals surface area contributed by atoms with Crippen LogP contribution >= 0.6 is 0 Å². The number of carbonyl (C=O) groups is 1. The summed E-state index contributed by atoms with van der Waals surface area (Å²) in [6.07, 6.45) is 2.04. The van der Waals surface area contributed by atoms with Crippen molar-refractivity contribution in [1.82, 2.24) is 9.71 Å². The van der Waals surface area contributed by atoms with Gasteiger partial charge in [-0.25, -0.2) is 18.1 Å². The van der Waals surface area contributed by atoms with E-state index in [4.69, 9.17) is 14.6 Å². The van der Waals surface area contributed by atoms with Gasteiger partial charge in [-0.15, -0.1) is 0 Å². The van der Waals surface area contributed by atoms with Gasteiger partial charge in [0, 0.05) is 6.20 Å². The number of carboxylic acid groups (broad SMARTS) is 1. The standard InChI is InChI=1S/C14H16N2O3S.CH2O2/c1-15-20(17,18)13-12(8-9-16-14(13)19-2)10-11-6-4-3-5-7-11;2-1-3/h3-9,15H,10H2,1-2H3;1H,(H,2,3). The van der Waals surface area contributed by atoms with Crippen molar-refractivity contribution in [3.05, 3.63) is 53.7 Å². The Morgan fingerprint density at radius 1 is 1.26 bits per heavy atom. The van der Waals surface area contributed by atoms with Gasteiger partial charge in [0.05, 0.1) is 7.11 Å². The van der Waals surface area contributed by atoms with Gasteiger partial charge < -0.3 is 9.84 Å². The van der Waals surface area contributed by atoms with Crippen molar-refractivity contribution in [2.75, 3.05) is 14.2 Å². The second-order valence-corrected chi connectivity index (χ2v) is 6.11. The van der Waals surface area contributed by atoms with Crippen LogP contribution in [0.15, 0.2) is 47.5 Å². The molecule has 1 aromatic heterocycles. The molecule has 2 N–H and O–H groups in total. The minimum Gasteiger partial charge on any atom is -0.483 e. The molecule has 0 saturated carbocycles. The molecule has 0 unspecified atom stereocenters. The lowest BCUT2D eigenvalue weighted by atomic mass is 10.1. The Labute approximate surface area is 135 Å². The highest BCUT2D eigenvalue weighted by Gasteiger charge is 2.23. The fraction of sp³-hybridized carbons (Fsp3) is 0.200. The molecular formula is C15H18N2O5S. The Kier molecular flexibility index (Phi) is 7.17. The van der Waals surface area contributed by atoms with Crippen molar-refractivity contribution < 1.29 is 23.1 Å². The van der Waals surface area contributed by atoms with Crippen LogP contribution in [0.4, 0.5) is 0 Å². The normalized spacial score (nSPS) is 10.3. The van der Waals surface area contributed by atoms with Gasteiger partial charge in [0.1, 0.15) is 4.90 Å². The Balaban J connectivity index is 0.000000816. The molecule has 0 aliphatic carbocycles. The van der Waals surface area contributed by atoms with E-state index in [0.29, 0.717) is 12.0 Å². The molecule has 0 amide bonds. The number of nitrogens with one attached hydrogen (secondary N) is 1. The number of sulfonamides is 1. The molecule has 1 aromatic carbocycles. The number of methoxy groups -OCH3 is 1. The molecule has 8 heteroatoms. The van der Waals surface area contributed by atoms with Crippen LogP contribution in [0.3, 0.4) is 0 Å². The maximum Gasteiger partial charge on any atom is 0.290 e. The highest BCUT2D eigenvalue weighted by atomic mass is 32.2. The molecule has 0 aliphatic heterocycles. The van der Waals surface area contributed by atoms with Gasteiger partial charge in [0.25, 0.3) is 6.47 Å². The van der Waals surface area contributed by atoms with Gasteiger partial charge in [0.15, 0.2) is 0 Å². The average Bonchev–Trinajstić information content (AvgIpc) is 2.56. The number of hydrogen-bond donors (Lipinski definition) is 2. The van der Waals surface area contributed by atoms with Crippen molar-refractivity contribution in [1.29, 1.82) is 0 Å². The van der Waals surface area contributed by atoms with Crippen LogP contribution in [0.25, 0.3) is 0 Å². The molecule has 23 heavy (non-hydrogen) atoms. The molecule has 0 saturated heterocycles. The highest BCUT2D eigenvalue weighted by molar-refractivity contribution is 7.89. The Hall–Kier alpha value is -2.45. The summed E-state index contributed by atoms with van der Waals surface area (Å²) in [5, 5.41) is 6.89. The van der Waals surface area contributed by atoms with E-state index in [-0.39, 0.29) is 17.2 Å². The molecule has 124 valence electrons. The van der Waals surface area contributed by atoms with Gasteiger partial charge >= 0.3 is 0 Å². The summed E-state index contributed by atoms with van der Waals surface area (Å²) in [4.78, 5) is 12.4. The fourth-order valence-corrected chi connectivity index (χ4v) is 3.01. The smallest absolute Gasteiger partial charge is 0.290 e. The highest BCUT2D eigenvalue weighted by Crippen LogP contribution is 2.26. The van der Waals surface area contributed by atoms with E-state index in [1.54, 1.807) is 12.3 Å². The first-order chi connectivity index (χ1) is 11.0. The summed E-state index contributed by atoms with van der Waals surface area (Å²) in [6.45, 7) is -0.250. The topological polar surface area (TPSA) is 106 Å². The third-order valence-electron chi connectivity index (χ3n) is 2.92. The summed E-state index contributed by atoms with van der Waals surface area (Å²) in [6, 6.07) is 11.3. The SMILES string of the molecule is CNS(=O)(=O)c1c(Cc2ccccc2)ccnc1OC.O=CO. The Morgan fingerprint density at radius 2 is 1.87 bits per heavy atom. The van der Waals surface area contributed by atoms with Crippen molar-refractivity contribution in [3.8, 4) is 5.88 Å². The molecule has 0 atom stereocenters. The van der Waals surface area contributed by atoms with Crippen LogP contribution < -0.4 is 9.46 Å². The molecule has 2 aromatic rings. The molecule has 0 bridgehead atoms. The molecule has 2 rings (SSSR count). The third kappa shape index (κ3) is 5.04. The van der Waals surface area contributed by atoms with Crippen LogP contribution in [0.5, 0.6) is 5.88 Å². The van der Waals surface area contributed by atoms with Crippen molar-refractivity contribution >= 4 is 16.5 Å². The molecule has 0 radical (unpaired) electrons. The minimum absolute atomic E-state index is 0.0915. The number of pyridine rings is 1. The second-order valence-electron chi connectivity index (χ2n) is 4.28. The van der Waals surface area contributed by atoms with Crippen molar-refractivity contribution in [3.63, 3.8) is 0 Å². The van der Waals surface area contributed by atoms with E-state index in [9.17, 15) is 8.42 Å². The number of rotatable bonds is 5. The summed E-state index contributed by atoms with van der Waals surface area (Å²) < 4.78 is 31.7. The number of hydrogen-bond acceptors (Lipinski definition) is 5. The lowest BCUT2D eigenvalue weighted by Gasteiger charge is -2.12. The predicted octanol–water partition coefficient (Wildman–Crippen LogP) is 1.29. The number of aromatic nitrogens is 1. The Bertz CT molecular complexity index is 733. The van der Waals surface area contributed by atoms with Crippen LogP contribution in [0.1, 0.15) is 11.1 Å². The van der Waals surface area contributed by atoms with E-state index in [1.807, 2.05) is 30.3 Å². The van der Waals surface area contributed by atoms with Crippen LogP contribution in [0, 0.1) is 0 Å². The van der Waals surface area contributed by atoms with Gasteiger partial charge in [0.2, 0.25) is 15.9 Å². The maximum atomic E-state index is 12.2. The lowest BCUT2D eigenvalue weighted by Crippen LogP contribution is -2.21. The zero-order valence-corrected chi connectivity index (χ0v) is 13.6. The number of ether oxygens (including phenoxy) is 1. The lowest BCUT2D eigenvalue weighted by molar-refractivity contribution is -0.122. The van der Waals surface area contributed by atoms with E-state index in [2.05, 4.69) is 9.71 Å². The first kappa shape index (κ1) is 18.6. The van der Waals surface area contributed by atoms with E-state index >= 15 is 0 Å². The van der Waals surface area contributed by atoms with Crippen LogP contribution in [-0.2, 0) is 21.2 Å². The first-order valence-corrected chi connectivity index (χ1v) is 8.05. The monoisotopic (exact) mass is 338 g/mol. The predicted molar refractivity (Wildman–Crippen MR) is 85.0 cm³/mol. The largest absolute Gasteiger partial charge is 0.483 e. The van der Waals surface area contributed by atoms with Crippen LogP contribution in [0.2, 0.25) is 0 Å². The summed E-state index contributed by atoms with van der Waals surface area (Å²) in [7, 11) is -0.854. The molecule has 0 aliphatic rings. The van der Waals surface area contributed by atoms with Crippen molar-refractivity contribution in [2.45, 2.75) is 11.3 Å². The molecular weight excluding hydrogens is 320 g/mol. The minimum atomic E-state index is -3.63. The average molecular weight is 338 g/mol. The maximum absolute atomic E-state index is 12.2. The summed E-state index contributed by atoms with van der Waals surface area (Å²) in [5.74, 6) is 0.104. The van der Waals surface area contributed by atoms with Crippen LogP contribution in [-0.4, -0.2) is 39.1 Å². The quantitative estimate of drug-likeness (QED) is 0.796. The Morgan fingerprint density at radius 3 is 2.39 bits per heavy atom. The molecule has 0 spiro atoms. The second kappa shape index (κ2) is 8.86. The van der Waals surface area contributed by atoms with E-state index in [0.717, 1.165) is 5.56 Å².